The molecular weight excluding hydrogens is 871 g/mol. The third kappa shape index (κ3) is 55.6. The van der Waals surface area contributed by atoms with Gasteiger partial charge in [-0.3, -0.25) is 4.79 Å². The van der Waals surface area contributed by atoms with Gasteiger partial charge in [-0.25, -0.2) is 0 Å². The van der Waals surface area contributed by atoms with E-state index in [1.54, 1.807) is 6.08 Å². The molecule has 416 valence electrons. The fourth-order valence-electron chi connectivity index (χ4n) is 9.66. The highest BCUT2D eigenvalue weighted by Gasteiger charge is 2.22. The maximum absolute atomic E-state index is 12.6. The quantitative estimate of drug-likeness (QED) is 0.0361. The molecule has 0 bridgehead atoms. The van der Waals surface area contributed by atoms with Crippen molar-refractivity contribution in [1.82, 2.24) is 5.32 Å². The van der Waals surface area contributed by atoms with Crippen LogP contribution in [0.15, 0.2) is 60.8 Å². The highest BCUT2D eigenvalue weighted by molar-refractivity contribution is 5.80. The van der Waals surface area contributed by atoms with E-state index >= 15 is 0 Å². The van der Waals surface area contributed by atoms with Gasteiger partial charge >= 0.3 is 0 Å². The standard InChI is InChI=1S/C66H123NO4/c1-3-5-7-9-11-13-15-17-19-21-23-25-27-29-30-31-32-33-34-35-37-39-41-43-45-47-49-51-53-55-57-59-61-65(70)66(71)67-63(62-68)64(69)60-58-56-54-52-50-48-46-44-42-40-38-36-28-26-24-22-20-18-16-14-12-10-8-6-4-2/h23,25,29-30,42,44,50,52,58,60,63-65,68-70H,3-22,24,26-28,31-41,43,45-49,51,53-57,59,61-62H2,1-2H3,(H,67,71)/b25-23-,30-29-,44-42+,52-50+,60-58+. The smallest absolute Gasteiger partial charge is 0.249 e. The van der Waals surface area contributed by atoms with Crippen LogP contribution < -0.4 is 5.32 Å². The SMILES string of the molecule is CCCCCCCCCCC/C=C\C/C=C\CCCCCCCCCCCCCCCCCCC(O)C(=O)NC(CO)C(O)/C=C/CC/C=C/CC/C=C/CCCCCCCCCCCCCCCCC. The van der Waals surface area contributed by atoms with Crippen LogP contribution in [0.1, 0.15) is 328 Å². The summed E-state index contributed by atoms with van der Waals surface area (Å²) in [6.07, 6.45) is 83.3. The number of amides is 1. The summed E-state index contributed by atoms with van der Waals surface area (Å²) >= 11 is 0. The molecule has 0 aromatic rings. The molecule has 0 aromatic heterocycles. The number of carbonyl (C=O) groups is 1. The topological polar surface area (TPSA) is 89.8 Å². The van der Waals surface area contributed by atoms with Crippen molar-refractivity contribution in [2.45, 2.75) is 347 Å². The summed E-state index contributed by atoms with van der Waals surface area (Å²) in [5, 5.41) is 33.4. The van der Waals surface area contributed by atoms with Crippen LogP contribution in [0.25, 0.3) is 0 Å². The lowest BCUT2D eigenvalue weighted by Gasteiger charge is -2.21. The zero-order chi connectivity index (χ0) is 51.4. The summed E-state index contributed by atoms with van der Waals surface area (Å²) in [6, 6.07) is -0.824. The monoisotopic (exact) mass is 994 g/mol. The van der Waals surface area contributed by atoms with Gasteiger partial charge in [-0.2, -0.15) is 0 Å². The molecule has 71 heavy (non-hydrogen) atoms. The average molecular weight is 995 g/mol. The summed E-state index contributed by atoms with van der Waals surface area (Å²) in [7, 11) is 0. The maximum atomic E-state index is 12.6. The first kappa shape index (κ1) is 69.0. The largest absolute Gasteiger partial charge is 0.394 e. The molecule has 0 saturated heterocycles. The van der Waals surface area contributed by atoms with Crippen molar-refractivity contribution in [2.24, 2.45) is 0 Å². The Morgan fingerprint density at radius 3 is 0.944 bits per heavy atom. The first-order valence-electron chi connectivity index (χ1n) is 31.6. The molecule has 0 fully saturated rings. The van der Waals surface area contributed by atoms with Crippen molar-refractivity contribution in [2.75, 3.05) is 6.61 Å². The van der Waals surface area contributed by atoms with Gasteiger partial charge in [0.2, 0.25) is 5.91 Å². The number of hydrogen-bond acceptors (Lipinski definition) is 4. The Balaban J connectivity index is 3.59. The van der Waals surface area contributed by atoms with Crippen molar-refractivity contribution >= 4 is 5.91 Å². The van der Waals surface area contributed by atoms with Gasteiger partial charge in [0, 0.05) is 0 Å². The molecule has 4 N–H and O–H groups in total. The van der Waals surface area contributed by atoms with Crippen LogP contribution in [0.4, 0.5) is 0 Å². The minimum Gasteiger partial charge on any atom is -0.394 e. The molecule has 0 rings (SSSR count). The van der Waals surface area contributed by atoms with E-state index in [9.17, 15) is 20.1 Å². The second-order valence-corrected chi connectivity index (χ2v) is 21.6. The Morgan fingerprint density at radius 2 is 0.620 bits per heavy atom. The number of carbonyl (C=O) groups excluding carboxylic acids is 1. The van der Waals surface area contributed by atoms with E-state index in [2.05, 4.69) is 67.8 Å². The van der Waals surface area contributed by atoms with Gasteiger partial charge in [-0.1, -0.05) is 312 Å². The Labute approximate surface area is 443 Å². The molecule has 0 aliphatic rings. The first-order valence-corrected chi connectivity index (χ1v) is 31.6. The van der Waals surface area contributed by atoms with Crippen LogP contribution in [0.5, 0.6) is 0 Å². The van der Waals surface area contributed by atoms with Crippen LogP contribution in [0.3, 0.4) is 0 Å². The van der Waals surface area contributed by atoms with Crippen LogP contribution in [0.2, 0.25) is 0 Å². The minimum atomic E-state index is -1.11. The Hall–Kier alpha value is -1.95. The van der Waals surface area contributed by atoms with E-state index < -0.39 is 24.2 Å². The number of nitrogens with one attached hydrogen (secondary N) is 1. The molecule has 0 radical (unpaired) electrons. The normalized spacial score (nSPS) is 13.6. The van der Waals surface area contributed by atoms with Gasteiger partial charge in [0.15, 0.2) is 0 Å². The predicted molar refractivity (Wildman–Crippen MR) is 314 cm³/mol. The zero-order valence-corrected chi connectivity index (χ0v) is 47.6. The predicted octanol–water partition coefficient (Wildman–Crippen LogP) is 20.1. The van der Waals surface area contributed by atoms with E-state index in [-0.39, 0.29) is 6.61 Å². The van der Waals surface area contributed by atoms with Gasteiger partial charge in [0.05, 0.1) is 18.8 Å². The third-order valence-corrected chi connectivity index (χ3v) is 14.6. The molecule has 0 heterocycles. The molecule has 5 heteroatoms. The number of unbranched alkanes of at least 4 members (excludes halogenated alkanes) is 42. The highest BCUT2D eigenvalue weighted by atomic mass is 16.3. The summed E-state index contributed by atoms with van der Waals surface area (Å²) in [5.41, 5.74) is 0. The summed E-state index contributed by atoms with van der Waals surface area (Å²) in [5.74, 6) is -0.514. The van der Waals surface area contributed by atoms with Gasteiger partial charge in [-0.15, -0.1) is 0 Å². The number of rotatable bonds is 58. The molecule has 1 amide bonds. The fourth-order valence-corrected chi connectivity index (χ4v) is 9.66. The minimum absolute atomic E-state index is 0.381. The molecule has 5 nitrogen and oxygen atoms in total. The molecule has 3 atom stereocenters. The summed E-state index contributed by atoms with van der Waals surface area (Å²) in [6.45, 7) is 4.20. The second kappa shape index (κ2) is 60.6. The number of aliphatic hydroxyl groups is 3. The van der Waals surface area contributed by atoms with Gasteiger partial charge in [0.1, 0.15) is 6.10 Å². The van der Waals surface area contributed by atoms with E-state index in [4.69, 9.17) is 0 Å². The molecular formula is C66H123NO4. The Bertz CT molecular complexity index is 1190. The lowest BCUT2D eigenvalue weighted by molar-refractivity contribution is -0.131. The van der Waals surface area contributed by atoms with E-state index in [0.29, 0.717) is 6.42 Å². The van der Waals surface area contributed by atoms with E-state index in [0.717, 1.165) is 51.4 Å². The van der Waals surface area contributed by atoms with Gasteiger partial charge in [-0.05, 0) is 77.0 Å². The Morgan fingerprint density at radius 1 is 0.352 bits per heavy atom. The van der Waals surface area contributed by atoms with Gasteiger partial charge < -0.3 is 20.6 Å². The van der Waals surface area contributed by atoms with E-state index in [1.165, 1.54) is 257 Å². The van der Waals surface area contributed by atoms with Gasteiger partial charge in [0.25, 0.3) is 0 Å². The summed E-state index contributed by atoms with van der Waals surface area (Å²) in [4.78, 5) is 12.6. The van der Waals surface area contributed by atoms with Crippen LogP contribution in [-0.4, -0.2) is 46.1 Å². The molecule has 0 saturated carbocycles. The van der Waals surface area contributed by atoms with Crippen molar-refractivity contribution in [3.05, 3.63) is 60.8 Å². The highest BCUT2D eigenvalue weighted by Crippen LogP contribution is 2.17. The third-order valence-electron chi connectivity index (χ3n) is 14.6. The molecule has 0 aliphatic carbocycles. The number of aliphatic hydroxyl groups excluding tert-OH is 3. The second-order valence-electron chi connectivity index (χ2n) is 21.6. The number of allylic oxidation sites excluding steroid dienone is 9. The number of hydrogen-bond donors (Lipinski definition) is 4. The zero-order valence-electron chi connectivity index (χ0n) is 47.6. The molecule has 0 aromatic carbocycles. The van der Waals surface area contributed by atoms with Crippen LogP contribution >= 0.6 is 0 Å². The lowest BCUT2D eigenvalue weighted by atomic mass is 10.0. The Kier molecular flexibility index (Phi) is 58.9. The van der Waals surface area contributed by atoms with Crippen LogP contribution in [0, 0.1) is 0 Å². The first-order chi connectivity index (χ1) is 35.1. The van der Waals surface area contributed by atoms with Crippen molar-refractivity contribution in [3.63, 3.8) is 0 Å². The van der Waals surface area contributed by atoms with Crippen LogP contribution in [-0.2, 0) is 4.79 Å². The van der Waals surface area contributed by atoms with Crippen molar-refractivity contribution in [1.29, 1.82) is 0 Å². The average Bonchev–Trinajstić information content (AvgIpc) is 3.38. The maximum Gasteiger partial charge on any atom is 0.249 e. The van der Waals surface area contributed by atoms with Crippen molar-refractivity contribution in [3.8, 4) is 0 Å². The van der Waals surface area contributed by atoms with E-state index in [1.807, 2.05) is 6.08 Å². The molecule has 0 aliphatic heterocycles. The van der Waals surface area contributed by atoms with Crippen molar-refractivity contribution < 1.29 is 20.1 Å². The molecule has 0 spiro atoms. The fraction of sp³-hybridized carbons (Fsp3) is 0.833. The summed E-state index contributed by atoms with van der Waals surface area (Å²) < 4.78 is 0. The molecule has 3 unspecified atom stereocenters. The lowest BCUT2D eigenvalue weighted by Crippen LogP contribution is -2.48.